The van der Waals surface area contributed by atoms with Crippen LogP contribution >= 0.6 is 23.6 Å². The number of aryl methyl sites for hydroxylation is 2. The number of para-hydroxylation sites is 1. The minimum Gasteiger partial charge on any atom is -0.308 e. The highest BCUT2D eigenvalue weighted by molar-refractivity contribution is 7.71. The highest BCUT2D eigenvalue weighted by Crippen LogP contribution is 2.28. The van der Waals surface area contributed by atoms with Crippen molar-refractivity contribution in [1.82, 2.24) is 19.3 Å². The molecule has 0 saturated carbocycles. The Morgan fingerprint density at radius 2 is 1.93 bits per heavy atom. The lowest BCUT2D eigenvalue weighted by Gasteiger charge is -2.19. The van der Waals surface area contributed by atoms with Gasteiger partial charge in [-0.25, -0.2) is 4.98 Å². The van der Waals surface area contributed by atoms with Crippen molar-refractivity contribution in [3.8, 4) is 5.69 Å². The number of aromatic nitrogens is 4. The van der Waals surface area contributed by atoms with Crippen LogP contribution in [0, 0.1) is 18.6 Å². The fraction of sp³-hybridized carbons (Fsp3) is 0.318. The molecule has 0 aliphatic carbocycles. The topological polar surface area (TPSA) is 40.1 Å². The van der Waals surface area contributed by atoms with Gasteiger partial charge in [0.2, 0.25) is 4.77 Å². The Balaban J connectivity index is 1.44. The average molecular weight is 423 g/mol. The van der Waals surface area contributed by atoms with Crippen LogP contribution in [0.25, 0.3) is 15.9 Å². The number of quaternary nitrogens is 1. The van der Waals surface area contributed by atoms with E-state index in [1.807, 2.05) is 22.9 Å². The van der Waals surface area contributed by atoms with E-state index >= 15 is 0 Å². The molecule has 1 aliphatic heterocycles. The Hall–Kier alpha value is -2.35. The van der Waals surface area contributed by atoms with Crippen molar-refractivity contribution in [3.63, 3.8) is 0 Å². The molecule has 2 aromatic carbocycles. The first kappa shape index (κ1) is 18.7. The normalized spacial score (nSPS) is 19.2. The second-order valence-corrected chi connectivity index (χ2v) is 9.21. The summed E-state index contributed by atoms with van der Waals surface area (Å²) in [6.45, 7) is 6.02. The van der Waals surface area contributed by atoms with Crippen LogP contribution in [0.1, 0.15) is 35.3 Å². The largest absolute Gasteiger partial charge is 0.308 e. The van der Waals surface area contributed by atoms with Crippen LogP contribution in [-0.2, 0) is 6.67 Å². The van der Waals surface area contributed by atoms with Crippen LogP contribution in [0.4, 0.5) is 0 Å². The molecule has 1 saturated heterocycles. The monoisotopic (exact) mass is 422 g/mol. The molecular weight excluding hydrogens is 398 g/mol. The van der Waals surface area contributed by atoms with Crippen molar-refractivity contribution in [1.29, 1.82) is 0 Å². The average Bonchev–Trinajstić information content (AvgIpc) is 3.41. The Morgan fingerprint density at radius 3 is 2.72 bits per heavy atom. The van der Waals surface area contributed by atoms with Crippen molar-refractivity contribution >= 4 is 33.8 Å². The fourth-order valence-electron chi connectivity index (χ4n) is 4.24. The number of thiazole rings is 1. The molecule has 1 fully saturated rings. The zero-order valence-corrected chi connectivity index (χ0v) is 18.3. The summed E-state index contributed by atoms with van der Waals surface area (Å²) in [5.74, 6) is 0.925. The van der Waals surface area contributed by atoms with Crippen molar-refractivity contribution in [2.24, 2.45) is 0 Å². The van der Waals surface area contributed by atoms with E-state index < -0.39 is 0 Å². The summed E-state index contributed by atoms with van der Waals surface area (Å²) < 4.78 is 6.08. The Morgan fingerprint density at radius 1 is 1.14 bits per heavy atom. The van der Waals surface area contributed by atoms with Gasteiger partial charge in [-0.15, -0.1) is 11.3 Å². The Labute approximate surface area is 179 Å². The molecule has 5 nitrogen and oxygen atoms in total. The van der Waals surface area contributed by atoms with E-state index in [-0.39, 0.29) is 0 Å². The Bertz CT molecular complexity index is 1190. The Kier molecular flexibility index (Phi) is 4.81. The summed E-state index contributed by atoms with van der Waals surface area (Å²) in [5, 5.41) is 6.02. The maximum atomic E-state index is 5.81. The summed E-state index contributed by atoms with van der Waals surface area (Å²) in [5.41, 5.74) is 3.42. The molecule has 148 valence electrons. The number of likely N-dealkylation sites (tertiary alicyclic amines) is 1. The molecule has 0 bridgehead atoms. The predicted molar refractivity (Wildman–Crippen MR) is 119 cm³/mol. The SMILES string of the molecule is Cc1ccc(-n2c(C)nn(C[NH+]3CCC[C@H]3c3nc4ccccc4s3)c2=S)cc1. The minimum absolute atomic E-state index is 0.416. The van der Waals surface area contributed by atoms with Crippen molar-refractivity contribution in [2.45, 2.75) is 39.4 Å². The van der Waals surface area contributed by atoms with Gasteiger partial charge in [-0.05, 0) is 50.3 Å². The third-order valence-electron chi connectivity index (χ3n) is 5.74. The number of rotatable bonds is 4. The van der Waals surface area contributed by atoms with Crippen LogP contribution in [-0.4, -0.2) is 25.9 Å². The second-order valence-electron chi connectivity index (χ2n) is 7.78. The van der Waals surface area contributed by atoms with Crippen molar-refractivity contribution < 1.29 is 4.90 Å². The van der Waals surface area contributed by atoms with E-state index in [4.69, 9.17) is 22.3 Å². The van der Waals surface area contributed by atoms with Gasteiger partial charge in [0.15, 0.2) is 11.7 Å². The second kappa shape index (κ2) is 7.48. The van der Waals surface area contributed by atoms with Gasteiger partial charge >= 0.3 is 0 Å². The first-order valence-electron chi connectivity index (χ1n) is 10.0. The van der Waals surface area contributed by atoms with Crippen LogP contribution < -0.4 is 4.90 Å². The lowest BCUT2D eigenvalue weighted by molar-refractivity contribution is -0.941. The van der Waals surface area contributed by atoms with Crippen molar-refractivity contribution in [2.75, 3.05) is 6.54 Å². The third-order valence-corrected chi connectivity index (χ3v) is 7.28. The fourth-order valence-corrected chi connectivity index (χ4v) is 5.74. The molecule has 0 spiro atoms. The molecule has 1 aliphatic rings. The van der Waals surface area contributed by atoms with Crippen LogP contribution in [0.5, 0.6) is 0 Å². The summed E-state index contributed by atoms with van der Waals surface area (Å²) in [4.78, 5) is 6.42. The van der Waals surface area contributed by atoms with E-state index in [1.165, 1.54) is 33.0 Å². The van der Waals surface area contributed by atoms with Crippen LogP contribution in [0.2, 0.25) is 0 Å². The first-order valence-corrected chi connectivity index (χ1v) is 11.3. The number of fused-ring (bicyclic) bond motifs is 1. The zero-order valence-electron chi connectivity index (χ0n) is 16.6. The minimum atomic E-state index is 0.416. The maximum Gasteiger partial charge on any atom is 0.207 e. The molecule has 1 unspecified atom stereocenters. The quantitative estimate of drug-likeness (QED) is 0.505. The van der Waals surface area contributed by atoms with Crippen molar-refractivity contribution in [3.05, 3.63) is 69.7 Å². The van der Waals surface area contributed by atoms with Gasteiger partial charge < -0.3 is 4.90 Å². The summed E-state index contributed by atoms with van der Waals surface area (Å²) in [7, 11) is 0. The molecular formula is C22H24N5S2+. The smallest absolute Gasteiger partial charge is 0.207 e. The highest BCUT2D eigenvalue weighted by Gasteiger charge is 2.33. The standard InChI is InChI=1S/C22H23N5S2/c1-15-9-11-17(12-10-15)27-16(2)24-26(22(27)28)14-25-13-5-7-19(25)21-23-18-6-3-4-8-20(18)29-21/h3-4,6,8-12,19H,5,7,13-14H2,1-2H3/p+1/t19-/m0/s1. The predicted octanol–water partition coefficient (Wildman–Crippen LogP) is 4.01. The van der Waals surface area contributed by atoms with Crippen LogP contribution in [0.15, 0.2) is 48.5 Å². The number of nitrogens with one attached hydrogen (secondary N) is 1. The molecule has 5 rings (SSSR count). The lowest BCUT2D eigenvalue weighted by Crippen LogP contribution is -3.09. The van der Waals surface area contributed by atoms with E-state index in [0.29, 0.717) is 6.04 Å². The molecule has 1 N–H and O–H groups in total. The number of benzene rings is 2. The maximum absolute atomic E-state index is 5.81. The van der Waals surface area contributed by atoms with E-state index in [9.17, 15) is 0 Å². The first-order chi connectivity index (χ1) is 14.1. The van der Waals surface area contributed by atoms with E-state index in [1.54, 1.807) is 0 Å². The molecule has 0 radical (unpaired) electrons. The van der Waals surface area contributed by atoms with Crippen LogP contribution in [0.3, 0.4) is 0 Å². The molecule has 3 heterocycles. The van der Waals surface area contributed by atoms with Gasteiger partial charge in [0.25, 0.3) is 0 Å². The molecule has 4 aromatic rings. The highest BCUT2D eigenvalue weighted by atomic mass is 32.1. The van der Waals surface area contributed by atoms with Gasteiger partial charge in [0.05, 0.1) is 16.8 Å². The summed E-state index contributed by atoms with van der Waals surface area (Å²) in [6.07, 6.45) is 2.38. The molecule has 7 heteroatoms. The third kappa shape index (κ3) is 3.43. The number of hydrogen-bond donors (Lipinski definition) is 1. The van der Waals surface area contributed by atoms with E-state index in [0.717, 1.165) is 35.0 Å². The summed E-state index contributed by atoms with van der Waals surface area (Å²) in [6, 6.07) is 17.3. The number of hydrogen-bond acceptors (Lipinski definition) is 4. The zero-order chi connectivity index (χ0) is 20.0. The molecule has 29 heavy (non-hydrogen) atoms. The van der Waals surface area contributed by atoms with Gasteiger partial charge in [0, 0.05) is 18.5 Å². The molecule has 2 aromatic heterocycles. The number of nitrogens with zero attached hydrogens (tertiary/aromatic N) is 4. The van der Waals surface area contributed by atoms with Gasteiger partial charge in [-0.2, -0.15) is 9.78 Å². The van der Waals surface area contributed by atoms with Gasteiger partial charge in [-0.3, -0.25) is 4.57 Å². The lowest BCUT2D eigenvalue weighted by atomic mass is 10.2. The van der Waals surface area contributed by atoms with Gasteiger partial charge in [0.1, 0.15) is 11.9 Å². The van der Waals surface area contributed by atoms with Gasteiger partial charge in [-0.1, -0.05) is 29.8 Å². The molecule has 2 atom stereocenters. The van der Waals surface area contributed by atoms with E-state index in [2.05, 4.69) is 60.0 Å². The summed E-state index contributed by atoms with van der Waals surface area (Å²) >= 11 is 7.63. The molecule has 0 amide bonds.